The maximum Gasteiger partial charge on any atom is 0.222 e. The molecule has 0 atom stereocenters. The van der Waals surface area contributed by atoms with Crippen LogP contribution in [0, 0.1) is 5.92 Å². The van der Waals surface area contributed by atoms with Crippen molar-refractivity contribution in [2.45, 2.75) is 64.3 Å². The van der Waals surface area contributed by atoms with Gasteiger partial charge in [0.15, 0.2) is 11.5 Å². The number of likely N-dealkylation sites (N-methyl/N-ethyl adjacent to an activating group) is 1. The molecule has 5 heteroatoms. The third-order valence-corrected chi connectivity index (χ3v) is 5.88. The Hall–Kier alpha value is -1.75. The Balaban J connectivity index is 1.83. The van der Waals surface area contributed by atoms with Crippen molar-refractivity contribution in [1.29, 1.82) is 0 Å². The number of methoxy groups -OCH3 is 1. The molecule has 0 radical (unpaired) electrons. The Labute approximate surface area is 170 Å². The molecule has 1 aliphatic rings. The Kier molecular flexibility index (Phi) is 9.10. The van der Waals surface area contributed by atoms with Crippen molar-refractivity contribution in [3.8, 4) is 11.5 Å². The lowest BCUT2D eigenvalue weighted by atomic mass is 9.86. The van der Waals surface area contributed by atoms with E-state index in [2.05, 4.69) is 30.8 Å². The summed E-state index contributed by atoms with van der Waals surface area (Å²) in [6, 6.07) is 5.90. The van der Waals surface area contributed by atoms with Gasteiger partial charge in [0.2, 0.25) is 5.91 Å². The minimum absolute atomic E-state index is 0.166. The summed E-state index contributed by atoms with van der Waals surface area (Å²) < 4.78 is 5.17. The molecule has 0 unspecified atom stereocenters. The van der Waals surface area contributed by atoms with Crippen LogP contribution in [0.3, 0.4) is 0 Å². The molecule has 1 aromatic rings. The van der Waals surface area contributed by atoms with Gasteiger partial charge in [0.25, 0.3) is 0 Å². The predicted molar refractivity (Wildman–Crippen MR) is 114 cm³/mol. The predicted octanol–water partition coefficient (Wildman–Crippen LogP) is 4.08. The van der Waals surface area contributed by atoms with Crippen molar-refractivity contribution in [2.75, 3.05) is 34.3 Å². The molecule has 158 valence electrons. The van der Waals surface area contributed by atoms with Crippen molar-refractivity contribution in [3.05, 3.63) is 23.8 Å². The first-order chi connectivity index (χ1) is 13.4. The largest absolute Gasteiger partial charge is 0.504 e. The van der Waals surface area contributed by atoms with Gasteiger partial charge in [0.1, 0.15) is 0 Å². The second-order valence-electron chi connectivity index (χ2n) is 8.52. The van der Waals surface area contributed by atoms with Crippen molar-refractivity contribution in [3.63, 3.8) is 0 Å². The van der Waals surface area contributed by atoms with Gasteiger partial charge in [0.05, 0.1) is 7.11 Å². The number of ether oxygens (including phenoxy) is 1. The first-order valence-electron chi connectivity index (χ1n) is 10.7. The van der Waals surface area contributed by atoms with Gasteiger partial charge in [-0.25, -0.2) is 0 Å². The first-order valence-corrected chi connectivity index (χ1v) is 10.7. The Morgan fingerprint density at radius 3 is 2.50 bits per heavy atom. The zero-order valence-electron chi connectivity index (χ0n) is 18.1. The summed E-state index contributed by atoms with van der Waals surface area (Å²) in [6.45, 7) is 4.08. The molecule has 0 aromatic heterocycles. The van der Waals surface area contributed by atoms with Crippen molar-refractivity contribution < 1.29 is 14.6 Å². The van der Waals surface area contributed by atoms with Crippen LogP contribution in [0.4, 0.5) is 0 Å². The standard InChI is InChI=1S/C23H38N2O3/c1-18-9-12-20(13-10-18)25(16-15-24(2)3)23(27)8-6-5-7-19-11-14-21(26)22(17-19)28-4/h11,14,17-18,20,26H,5-10,12-13,15-16H2,1-4H3/t18-,20-. The monoisotopic (exact) mass is 390 g/mol. The van der Waals surface area contributed by atoms with Crippen LogP contribution in [0.15, 0.2) is 18.2 Å². The summed E-state index contributed by atoms with van der Waals surface area (Å²) >= 11 is 0. The second-order valence-corrected chi connectivity index (χ2v) is 8.52. The fourth-order valence-electron chi connectivity index (χ4n) is 4.00. The number of unbranched alkanes of at least 4 members (excludes halogenated alkanes) is 1. The topological polar surface area (TPSA) is 53.0 Å². The van der Waals surface area contributed by atoms with Crippen LogP contribution < -0.4 is 4.74 Å². The fraction of sp³-hybridized carbons (Fsp3) is 0.696. The Morgan fingerprint density at radius 2 is 1.86 bits per heavy atom. The van der Waals surface area contributed by atoms with E-state index in [-0.39, 0.29) is 5.75 Å². The number of amides is 1. The third kappa shape index (κ3) is 7.01. The van der Waals surface area contributed by atoms with Gasteiger partial charge < -0.3 is 19.6 Å². The molecule has 28 heavy (non-hydrogen) atoms. The van der Waals surface area contributed by atoms with Crippen LogP contribution in [-0.4, -0.2) is 61.2 Å². The maximum absolute atomic E-state index is 12.9. The zero-order valence-corrected chi connectivity index (χ0v) is 18.1. The number of phenolic OH excluding ortho intramolecular Hbond substituents is 1. The molecule has 1 fully saturated rings. The van der Waals surface area contributed by atoms with Crippen molar-refractivity contribution >= 4 is 5.91 Å². The SMILES string of the molecule is COc1cc(CCCCC(=O)N(CCN(C)C)[C@H]2CC[C@H](C)CC2)ccc1O. The highest BCUT2D eigenvalue weighted by Crippen LogP contribution is 2.28. The van der Waals surface area contributed by atoms with E-state index in [9.17, 15) is 9.90 Å². The third-order valence-electron chi connectivity index (χ3n) is 5.88. The van der Waals surface area contributed by atoms with Gasteiger partial charge in [-0.1, -0.05) is 13.0 Å². The molecule has 2 rings (SSSR count). The number of hydrogen-bond donors (Lipinski definition) is 1. The summed E-state index contributed by atoms with van der Waals surface area (Å²) in [4.78, 5) is 17.3. The number of carbonyl (C=O) groups is 1. The summed E-state index contributed by atoms with van der Waals surface area (Å²) in [5.74, 6) is 1.78. The lowest BCUT2D eigenvalue weighted by molar-refractivity contribution is -0.134. The molecular weight excluding hydrogens is 352 g/mol. The van der Waals surface area contributed by atoms with Crippen LogP contribution in [0.5, 0.6) is 11.5 Å². The number of aryl methyl sites for hydroxylation is 1. The maximum atomic E-state index is 12.9. The number of phenols is 1. The Morgan fingerprint density at radius 1 is 1.14 bits per heavy atom. The molecular formula is C23H38N2O3. The molecule has 0 aliphatic heterocycles. The molecule has 0 bridgehead atoms. The number of carbonyl (C=O) groups excluding carboxylic acids is 1. The van der Waals surface area contributed by atoms with Crippen LogP contribution >= 0.6 is 0 Å². The van der Waals surface area contributed by atoms with E-state index in [0.29, 0.717) is 24.1 Å². The first kappa shape index (κ1) is 22.5. The minimum Gasteiger partial charge on any atom is -0.504 e. The number of nitrogens with zero attached hydrogens (tertiary/aromatic N) is 2. The fourth-order valence-corrected chi connectivity index (χ4v) is 4.00. The van der Waals surface area contributed by atoms with E-state index in [1.54, 1.807) is 13.2 Å². The van der Waals surface area contributed by atoms with E-state index in [1.807, 2.05) is 12.1 Å². The van der Waals surface area contributed by atoms with E-state index in [1.165, 1.54) is 12.8 Å². The average molecular weight is 391 g/mol. The smallest absolute Gasteiger partial charge is 0.222 e. The van der Waals surface area contributed by atoms with Crippen LogP contribution in [-0.2, 0) is 11.2 Å². The number of benzene rings is 1. The quantitative estimate of drug-likeness (QED) is 0.612. The highest BCUT2D eigenvalue weighted by molar-refractivity contribution is 5.76. The van der Waals surface area contributed by atoms with Gasteiger partial charge in [-0.15, -0.1) is 0 Å². The molecule has 0 heterocycles. The van der Waals surface area contributed by atoms with Crippen molar-refractivity contribution in [2.24, 2.45) is 5.92 Å². The molecule has 1 N–H and O–H groups in total. The van der Waals surface area contributed by atoms with Gasteiger partial charge in [-0.2, -0.15) is 0 Å². The zero-order chi connectivity index (χ0) is 20.5. The molecule has 0 saturated heterocycles. The van der Waals surface area contributed by atoms with Gasteiger partial charge in [-0.05, 0) is 82.7 Å². The van der Waals surface area contributed by atoms with Crippen LogP contribution in [0.2, 0.25) is 0 Å². The summed E-state index contributed by atoms with van der Waals surface area (Å²) in [5.41, 5.74) is 1.13. The lowest BCUT2D eigenvalue weighted by Crippen LogP contribution is -2.45. The second kappa shape index (κ2) is 11.3. The van der Waals surface area contributed by atoms with Gasteiger partial charge >= 0.3 is 0 Å². The summed E-state index contributed by atoms with van der Waals surface area (Å²) in [5, 5.41) is 9.69. The molecule has 1 saturated carbocycles. The summed E-state index contributed by atoms with van der Waals surface area (Å²) in [6.07, 6.45) is 8.13. The van der Waals surface area contributed by atoms with E-state index in [0.717, 1.165) is 56.7 Å². The van der Waals surface area contributed by atoms with Crippen molar-refractivity contribution in [1.82, 2.24) is 9.80 Å². The highest BCUT2D eigenvalue weighted by atomic mass is 16.5. The van der Waals surface area contributed by atoms with E-state index < -0.39 is 0 Å². The number of aromatic hydroxyl groups is 1. The molecule has 1 aromatic carbocycles. The van der Waals surface area contributed by atoms with E-state index >= 15 is 0 Å². The Bertz CT molecular complexity index is 610. The van der Waals surface area contributed by atoms with Crippen LogP contribution in [0.1, 0.15) is 57.4 Å². The lowest BCUT2D eigenvalue weighted by Gasteiger charge is -2.37. The number of rotatable bonds is 10. The normalized spacial score (nSPS) is 19.6. The minimum atomic E-state index is 0.166. The number of hydrogen-bond acceptors (Lipinski definition) is 4. The average Bonchev–Trinajstić information content (AvgIpc) is 2.67. The van der Waals surface area contributed by atoms with E-state index in [4.69, 9.17) is 4.74 Å². The summed E-state index contributed by atoms with van der Waals surface area (Å²) in [7, 11) is 5.70. The molecule has 1 aliphatic carbocycles. The van der Waals surface area contributed by atoms with Crippen LogP contribution in [0.25, 0.3) is 0 Å². The highest BCUT2D eigenvalue weighted by Gasteiger charge is 2.27. The van der Waals surface area contributed by atoms with Gasteiger partial charge in [-0.3, -0.25) is 4.79 Å². The molecule has 1 amide bonds. The molecule has 0 spiro atoms. The van der Waals surface area contributed by atoms with Gasteiger partial charge in [0, 0.05) is 25.6 Å². The molecule has 5 nitrogen and oxygen atoms in total.